The number of nitrogens with zero attached hydrogens (tertiary/aromatic N) is 2. The molecule has 4 unspecified atom stereocenters. The number of amides is 2. The molecular formula is C26H24N2O5. The summed E-state index contributed by atoms with van der Waals surface area (Å²) in [5.74, 6) is -0.569. The quantitative estimate of drug-likeness (QED) is 0.223. The van der Waals surface area contributed by atoms with Crippen LogP contribution in [0.1, 0.15) is 34.8 Å². The number of hydrazone groups is 1. The number of allylic oxidation sites excluding steroid dienone is 2. The predicted molar refractivity (Wildman–Crippen MR) is 121 cm³/mol. The first kappa shape index (κ1) is 21.1. The zero-order chi connectivity index (χ0) is 23.1. The molecule has 2 aliphatic carbocycles. The van der Waals surface area contributed by atoms with Gasteiger partial charge in [-0.15, -0.1) is 0 Å². The maximum atomic E-state index is 12.8. The number of esters is 1. The number of hydrogen-bond donors (Lipinski definition) is 0. The fourth-order valence-electron chi connectivity index (χ4n) is 5.01. The summed E-state index contributed by atoms with van der Waals surface area (Å²) in [6.07, 6.45) is 6.44. The molecule has 5 rings (SSSR count). The van der Waals surface area contributed by atoms with Crippen molar-refractivity contribution in [3.05, 3.63) is 71.3 Å². The molecule has 2 aromatic carbocycles. The third kappa shape index (κ3) is 3.73. The molecule has 1 heterocycles. The van der Waals surface area contributed by atoms with E-state index in [1.807, 2.05) is 19.9 Å². The van der Waals surface area contributed by atoms with Gasteiger partial charge in [-0.1, -0.05) is 29.8 Å². The summed E-state index contributed by atoms with van der Waals surface area (Å²) < 4.78 is 11.2. The molecule has 33 heavy (non-hydrogen) atoms. The van der Waals surface area contributed by atoms with Gasteiger partial charge in [0.2, 0.25) is 0 Å². The summed E-state index contributed by atoms with van der Waals surface area (Å²) in [7, 11) is 0. The number of ether oxygens (including phenoxy) is 2. The molecule has 3 aliphatic rings. The fraction of sp³-hybridized carbons (Fsp3) is 0.308. The van der Waals surface area contributed by atoms with Gasteiger partial charge in [-0.2, -0.15) is 10.1 Å². The average molecular weight is 444 g/mol. The van der Waals surface area contributed by atoms with Gasteiger partial charge in [0.1, 0.15) is 0 Å². The summed E-state index contributed by atoms with van der Waals surface area (Å²) in [6, 6.07) is 12.1. The highest BCUT2D eigenvalue weighted by Gasteiger charge is 2.59. The van der Waals surface area contributed by atoms with E-state index in [4.69, 9.17) is 9.47 Å². The van der Waals surface area contributed by atoms with Crippen LogP contribution >= 0.6 is 0 Å². The standard InChI is InChI=1S/C26H24N2O5/c1-3-32-21-12-16(7-10-20(21)33-26(31)19-6-4-5-15(2)11-19)14-27-28-24(29)22-17-8-9-18(13-17)23(22)25(28)30/h4-12,14,17-18,22-23H,3,13H2,1-2H3. The molecule has 4 atom stereocenters. The summed E-state index contributed by atoms with van der Waals surface area (Å²) in [5.41, 5.74) is 2.02. The largest absolute Gasteiger partial charge is 0.490 e. The summed E-state index contributed by atoms with van der Waals surface area (Å²) >= 11 is 0. The van der Waals surface area contributed by atoms with Crippen molar-refractivity contribution >= 4 is 24.0 Å². The van der Waals surface area contributed by atoms with E-state index in [2.05, 4.69) is 17.3 Å². The first-order valence-electron chi connectivity index (χ1n) is 11.1. The van der Waals surface area contributed by atoms with Crippen LogP contribution in [-0.2, 0) is 9.59 Å². The summed E-state index contributed by atoms with van der Waals surface area (Å²) in [6.45, 7) is 4.11. The van der Waals surface area contributed by atoms with Crippen molar-refractivity contribution in [2.24, 2.45) is 28.8 Å². The molecule has 7 nitrogen and oxygen atoms in total. The number of aryl methyl sites for hydroxylation is 1. The Labute approximate surface area is 191 Å². The Hall–Kier alpha value is -3.74. The van der Waals surface area contributed by atoms with Gasteiger partial charge >= 0.3 is 5.97 Å². The molecule has 0 aromatic heterocycles. The third-order valence-corrected chi connectivity index (χ3v) is 6.49. The second kappa shape index (κ2) is 8.31. The molecule has 0 N–H and O–H groups in total. The number of fused-ring (bicyclic) bond motifs is 5. The van der Waals surface area contributed by atoms with Crippen LogP contribution in [0.4, 0.5) is 0 Å². The Bertz CT molecular complexity index is 1170. The van der Waals surface area contributed by atoms with Crippen molar-refractivity contribution in [1.29, 1.82) is 0 Å². The van der Waals surface area contributed by atoms with Crippen LogP contribution in [0, 0.1) is 30.6 Å². The van der Waals surface area contributed by atoms with E-state index in [1.165, 1.54) is 6.21 Å². The topological polar surface area (TPSA) is 85.3 Å². The number of rotatable bonds is 6. The van der Waals surface area contributed by atoms with Gasteiger partial charge in [-0.25, -0.2) is 4.79 Å². The molecule has 2 amide bonds. The number of imide groups is 1. The van der Waals surface area contributed by atoms with Gasteiger partial charge in [0, 0.05) is 0 Å². The number of carbonyl (C=O) groups excluding carboxylic acids is 3. The molecule has 0 radical (unpaired) electrons. The molecule has 2 bridgehead atoms. The monoisotopic (exact) mass is 444 g/mol. The highest BCUT2D eigenvalue weighted by molar-refractivity contribution is 6.06. The number of hydrogen-bond acceptors (Lipinski definition) is 6. The van der Waals surface area contributed by atoms with E-state index in [0.29, 0.717) is 23.5 Å². The highest BCUT2D eigenvalue weighted by atomic mass is 16.6. The number of carbonyl (C=O) groups is 3. The van der Waals surface area contributed by atoms with Crippen LogP contribution in [0.15, 0.2) is 59.7 Å². The second-order valence-electron chi connectivity index (χ2n) is 8.63. The SMILES string of the molecule is CCOc1cc(C=NN2C(=O)C3C4C=CC(C4)C3C2=O)ccc1OC(=O)c1cccc(C)c1. The first-order valence-corrected chi connectivity index (χ1v) is 11.1. The van der Waals surface area contributed by atoms with Crippen molar-refractivity contribution in [3.8, 4) is 11.5 Å². The molecule has 1 saturated carbocycles. The summed E-state index contributed by atoms with van der Waals surface area (Å²) in [5, 5.41) is 5.21. The minimum absolute atomic E-state index is 0.142. The lowest BCUT2D eigenvalue weighted by molar-refractivity contribution is -0.140. The third-order valence-electron chi connectivity index (χ3n) is 6.49. The second-order valence-corrected chi connectivity index (χ2v) is 8.63. The van der Waals surface area contributed by atoms with Gasteiger partial charge in [0.05, 0.1) is 30.2 Å². The number of benzene rings is 2. The van der Waals surface area contributed by atoms with Gasteiger partial charge in [-0.3, -0.25) is 9.59 Å². The maximum absolute atomic E-state index is 12.8. The van der Waals surface area contributed by atoms with Crippen molar-refractivity contribution < 1.29 is 23.9 Å². The van der Waals surface area contributed by atoms with Crippen LogP contribution in [-0.4, -0.2) is 35.6 Å². The van der Waals surface area contributed by atoms with Crippen LogP contribution in [0.2, 0.25) is 0 Å². The molecule has 1 aliphatic heterocycles. The lowest BCUT2D eigenvalue weighted by Gasteiger charge is -2.13. The zero-order valence-corrected chi connectivity index (χ0v) is 18.4. The van der Waals surface area contributed by atoms with Crippen molar-refractivity contribution in [1.82, 2.24) is 5.01 Å². The van der Waals surface area contributed by atoms with Crippen molar-refractivity contribution in [3.63, 3.8) is 0 Å². The Morgan fingerprint density at radius 3 is 2.45 bits per heavy atom. The molecule has 7 heteroatoms. The van der Waals surface area contributed by atoms with E-state index in [9.17, 15) is 14.4 Å². The zero-order valence-electron chi connectivity index (χ0n) is 18.4. The van der Waals surface area contributed by atoms with E-state index < -0.39 is 5.97 Å². The normalized spacial score (nSPS) is 25.2. The Morgan fingerprint density at radius 2 is 1.79 bits per heavy atom. The Kier molecular flexibility index (Phi) is 5.32. The fourth-order valence-corrected chi connectivity index (χ4v) is 5.01. The Morgan fingerprint density at radius 1 is 1.06 bits per heavy atom. The molecular weight excluding hydrogens is 420 g/mol. The average Bonchev–Trinajstić information content (AvgIpc) is 3.48. The van der Waals surface area contributed by atoms with Crippen LogP contribution < -0.4 is 9.47 Å². The van der Waals surface area contributed by atoms with E-state index in [0.717, 1.165) is 17.0 Å². The van der Waals surface area contributed by atoms with Crippen LogP contribution in [0.5, 0.6) is 11.5 Å². The summed E-state index contributed by atoms with van der Waals surface area (Å²) in [4.78, 5) is 38.1. The molecule has 1 saturated heterocycles. The smallest absolute Gasteiger partial charge is 0.343 e. The van der Waals surface area contributed by atoms with Gasteiger partial charge in [0.25, 0.3) is 11.8 Å². The lowest BCUT2D eigenvalue weighted by Crippen LogP contribution is -2.28. The van der Waals surface area contributed by atoms with Gasteiger partial charge in [-0.05, 0) is 68.0 Å². The predicted octanol–water partition coefficient (Wildman–Crippen LogP) is 3.75. The van der Waals surface area contributed by atoms with Crippen molar-refractivity contribution in [2.45, 2.75) is 20.3 Å². The van der Waals surface area contributed by atoms with Gasteiger partial charge < -0.3 is 9.47 Å². The maximum Gasteiger partial charge on any atom is 0.343 e. The van der Waals surface area contributed by atoms with E-state index in [1.54, 1.807) is 36.4 Å². The molecule has 0 spiro atoms. The first-order chi connectivity index (χ1) is 16.0. The van der Waals surface area contributed by atoms with Gasteiger partial charge in [0.15, 0.2) is 11.5 Å². The Balaban J connectivity index is 1.34. The van der Waals surface area contributed by atoms with Crippen molar-refractivity contribution in [2.75, 3.05) is 6.61 Å². The van der Waals surface area contributed by atoms with Crippen LogP contribution in [0.3, 0.4) is 0 Å². The lowest BCUT2D eigenvalue weighted by atomic mass is 9.85. The van der Waals surface area contributed by atoms with Crippen LogP contribution in [0.25, 0.3) is 0 Å². The van der Waals surface area contributed by atoms with E-state index >= 15 is 0 Å². The molecule has 2 fully saturated rings. The molecule has 168 valence electrons. The minimum Gasteiger partial charge on any atom is -0.490 e. The highest BCUT2D eigenvalue weighted by Crippen LogP contribution is 2.52. The van der Waals surface area contributed by atoms with E-state index in [-0.39, 0.29) is 41.2 Å². The minimum atomic E-state index is -0.482. The molecule has 2 aromatic rings.